The SMILES string of the molecule is N#Cc1c[nH]c(C(=O)NCCc2cccnc2)c1. The monoisotopic (exact) mass is 240 g/mol. The zero-order valence-electron chi connectivity index (χ0n) is 9.68. The maximum absolute atomic E-state index is 11.7. The molecule has 0 aromatic carbocycles. The number of H-pyrrole nitrogens is 1. The van der Waals surface area contributed by atoms with Crippen LogP contribution in [-0.4, -0.2) is 22.4 Å². The highest BCUT2D eigenvalue weighted by Gasteiger charge is 2.07. The van der Waals surface area contributed by atoms with E-state index in [9.17, 15) is 4.79 Å². The van der Waals surface area contributed by atoms with E-state index in [0.29, 0.717) is 17.8 Å². The Balaban J connectivity index is 1.84. The Bertz CT molecular complexity index is 568. The number of pyridine rings is 1. The van der Waals surface area contributed by atoms with Gasteiger partial charge in [0.1, 0.15) is 11.8 Å². The van der Waals surface area contributed by atoms with Gasteiger partial charge in [-0.2, -0.15) is 5.26 Å². The first-order valence-corrected chi connectivity index (χ1v) is 5.55. The molecule has 1 amide bonds. The lowest BCUT2D eigenvalue weighted by molar-refractivity contribution is 0.0950. The Morgan fingerprint density at radius 1 is 1.56 bits per heavy atom. The Labute approximate surface area is 104 Å². The molecule has 0 atom stereocenters. The van der Waals surface area contributed by atoms with Crippen LogP contribution in [-0.2, 0) is 6.42 Å². The lowest BCUT2D eigenvalue weighted by Crippen LogP contribution is -2.25. The molecule has 0 aliphatic heterocycles. The van der Waals surface area contributed by atoms with Gasteiger partial charge in [-0.25, -0.2) is 0 Å². The number of carbonyl (C=O) groups is 1. The number of amides is 1. The third-order valence-electron chi connectivity index (χ3n) is 2.48. The standard InChI is InChI=1S/C13H12N4O/c14-7-11-6-12(17-9-11)13(18)16-5-3-10-2-1-4-15-8-10/h1-2,4,6,8-9,17H,3,5H2,(H,16,18). The number of nitriles is 1. The first-order valence-electron chi connectivity index (χ1n) is 5.55. The summed E-state index contributed by atoms with van der Waals surface area (Å²) >= 11 is 0. The van der Waals surface area contributed by atoms with Crippen molar-refractivity contribution in [1.82, 2.24) is 15.3 Å². The van der Waals surface area contributed by atoms with Gasteiger partial charge in [-0.15, -0.1) is 0 Å². The smallest absolute Gasteiger partial charge is 0.267 e. The maximum atomic E-state index is 11.7. The van der Waals surface area contributed by atoms with Crippen LogP contribution in [0.2, 0.25) is 0 Å². The average molecular weight is 240 g/mol. The van der Waals surface area contributed by atoms with Crippen LogP contribution in [0.15, 0.2) is 36.8 Å². The van der Waals surface area contributed by atoms with Crippen LogP contribution in [0.5, 0.6) is 0 Å². The Morgan fingerprint density at radius 3 is 3.11 bits per heavy atom. The summed E-state index contributed by atoms with van der Waals surface area (Å²) in [5.74, 6) is -0.208. The van der Waals surface area contributed by atoms with Crippen molar-refractivity contribution in [2.45, 2.75) is 6.42 Å². The highest BCUT2D eigenvalue weighted by molar-refractivity contribution is 5.92. The summed E-state index contributed by atoms with van der Waals surface area (Å²) in [5, 5.41) is 11.4. The Kier molecular flexibility index (Phi) is 3.72. The molecule has 0 fully saturated rings. The van der Waals surface area contributed by atoms with Gasteiger partial charge >= 0.3 is 0 Å². The molecule has 5 nitrogen and oxygen atoms in total. The van der Waals surface area contributed by atoms with Crippen molar-refractivity contribution in [2.75, 3.05) is 6.54 Å². The average Bonchev–Trinajstić information content (AvgIpc) is 2.89. The topological polar surface area (TPSA) is 81.6 Å². The molecule has 18 heavy (non-hydrogen) atoms. The van der Waals surface area contributed by atoms with Gasteiger partial charge in [0, 0.05) is 25.1 Å². The minimum atomic E-state index is -0.208. The van der Waals surface area contributed by atoms with Crippen LogP contribution in [0, 0.1) is 11.3 Å². The van der Waals surface area contributed by atoms with Crippen molar-refractivity contribution >= 4 is 5.91 Å². The number of rotatable bonds is 4. The summed E-state index contributed by atoms with van der Waals surface area (Å²) in [4.78, 5) is 18.5. The fraction of sp³-hybridized carbons (Fsp3) is 0.154. The summed E-state index contributed by atoms with van der Waals surface area (Å²) < 4.78 is 0. The quantitative estimate of drug-likeness (QED) is 0.843. The fourth-order valence-electron chi connectivity index (χ4n) is 1.55. The van der Waals surface area contributed by atoms with Crippen LogP contribution < -0.4 is 5.32 Å². The number of aromatic nitrogens is 2. The first-order chi connectivity index (χ1) is 8.79. The van der Waals surface area contributed by atoms with Gasteiger partial charge in [-0.3, -0.25) is 9.78 Å². The van der Waals surface area contributed by atoms with E-state index >= 15 is 0 Å². The van der Waals surface area contributed by atoms with Crippen molar-refractivity contribution in [3.8, 4) is 6.07 Å². The van der Waals surface area contributed by atoms with Gasteiger partial charge < -0.3 is 10.3 Å². The van der Waals surface area contributed by atoms with E-state index in [4.69, 9.17) is 5.26 Å². The minimum absolute atomic E-state index is 0.208. The minimum Gasteiger partial charge on any atom is -0.356 e. The second-order valence-corrected chi connectivity index (χ2v) is 3.78. The predicted octanol–water partition coefficient (Wildman–Crippen LogP) is 1.25. The molecule has 0 bridgehead atoms. The lowest BCUT2D eigenvalue weighted by atomic mass is 10.2. The number of aromatic amines is 1. The second-order valence-electron chi connectivity index (χ2n) is 3.78. The van der Waals surface area contributed by atoms with E-state index in [-0.39, 0.29) is 5.91 Å². The molecular weight excluding hydrogens is 228 g/mol. The van der Waals surface area contributed by atoms with Gasteiger partial charge in [0.15, 0.2) is 0 Å². The fourth-order valence-corrected chi connectivity index (χ4v) is 1.55. The molecule has 5 heteroatoms. The molecule has 2 heterocycles. The first kappa shape index (κ1) is 11.9. The molecule has 2 N–H and O–H groups in total. The van der Waals surface area contributed by atoms with Crippen LogP contribution in [0.25, 0.3) is 0 Å². The molecule has 0 aliphatic rings. The van der Waals surface area contributed by atoms with Crippen LogP contribution in [0.4, 0.5) is 0 Å². The molecule has 0 saturated carbocycles. The van der Waals surface area contributed by atoms with Crippen LogP contribution in [0.1, 0.15) is 21.6 Å². The van der Waals surface area contributed by atoms with Gasteiger partial charge in [-0.1, -0.05) is 6.07 Å². The molecule has 0 radical (unpaired) electrons. The number of carbonyl (C=O) groups excluding carboxylic acids is 1. The zero-order valence-corrected chi connectivity index (χ0v) is 9.68. The molecule has 90 valence electrons. The van der Waals surface area contributed by atoms with E-state index < -0.39 is 0 Å². The van der Waals surface area contributed by atoms with E-state index in [0.717, 1.165) is 12.0 Å². The summed E-state index contributed by atoms with van der Waals surface area (Å²) in [7, 11) is 0. The number of nitrogens with zero attached hydrogens (tertiary/aromatic N) is 2. The van der Waals surface area contributed by atoms with Crippen LogP contribution in [0.3, 0.4) is 0 Å². The maximum Gasteiger partial charge on any atom is 0.267 e. The number of hydrogen-bond acceptors (Lipinski definition) is 3. The van der Waals surface area contributed by atoms with E-state index in [2.05, 4.69) is 15.3 Å². The highest BCUT2D eigenvalue weighted by Crippen LogP contribution is 2.01. The molecule has 0 saturated heterocycles. The lowest BCUT2D eigenvalue weighted by Gasteiger charge is -2.03. The Hall–Kier alpha value is -2.61. The van der Waals surface area contributed by atoms with Crippen LogP contribution >= 0.6 is 0 Å². The summed E-state index contributed by atoms with van der Waals surface area (Å²) in [6.45, 7) is 0.533. The third kappa shape index (κ3) is 2.95. The number of hydrogen-bond donors (Lipinski definition) is 2. The molecule has 2 rings (SSSR count). The van der Waals surface area contributed by atoms with Gasteiger partial charge in [0.25, 0.3) is 5.91 Å². The third-order valence-corrected chi connectivity index (χ3v) is 2.48. The van der Waals surface area contributed by atoms with Gasteiger partial charge in [0.2, 0.25) is 0 Å². The van der Waals surface area contributed by atoms with E-state index in [1.165, 1.54) is 12.3 Å². The van der Waals surface area contributed by atoms with Crippen molar-refractivity contribution in [1.29, 1.82) is 5.26 Å². The largest absolute Gasteiger partial charge is 0.356 e. The summed E-state index contributed by atoms with van der Waals surface area (Å²) in [6.07, 6.45) is 5.72. The van der Waals surface area contributed by atoms with Crippen molar-refractivity contribution in [3.63, 3.8) is 0 Å². The van der Waals surface area contributed by atoms with E-state index in [1.807, 2.05) is 18.2 Å². The normalized spacial score (nSPS) is 9.72. The van der Waals surface area contributed by atoms with Crippen molar-refractivity contribution < 1.29 is 4.79 Å². The van der Waals surface area contributed by atoms with Crippen molar-refractivity contribution in [3.05, 3.63) is 53.6 Å². The molecule has 2 aromatic rings. The molecule has 0 unspecified atom stereocenters. The number of nitrogens with one attached hydrogen (secondary N) is 2. The summed E-state index contributed by atoms with van der Waals surface area (Å²) in [5.41, 5.74) is 1.92. The zero-order chi connectivity index (χ0) is 12.8. The van der Waals surface area contributed by atoms with E-state index in [1.54, 1.807) is 12.4 Å². The second kappa shape index (κ2) is 5.64. The molecular formula is C13H12N4O. The Morgan fingerprint density at radius 2 is 2.44 bits per heavy atom. The summed E-state index contributed by atoms with van der Waals surface area (Å²) in [6, 6.07) is 7.31. The predicted molar refractivity (Wildman–Crippen MR) is 65.8 cm³/mol. The molecule has 2 aromatic heterocycles. The van der Waals surface area contributed by atoms with Crippen molar-refractivity contribution in [2.24, 2.45) is 0 Å². The highest BCUT2D eigenvalue weighted by atomic mass is 16.1. The molecule has 0 spiro atoms. The van der Waals surface area contributed by atoms with Gasteiger partial charge in [0.05, 0.1) is 5.56 Å². The van der Waals surface area contributed by atoms with Gasteiger partial charge in [-0.05, 0) is 24.1 Å². The molecule has 0 aliphatic carbocycles.